The van der Waals surface area contributed by atoms with E-state index in [-0.39, 0.29) is 5.91 Å². The summed E-state index contributed by atoms with van der Waals surface area (Å²) in [5.74, 6) is 0.875. The number of para-hydroxylation sites is 2. The number of aryl methyl sites for hydroxylation is 1. The number of carbonyl (C=O) groups is 1. The van der Waals surface area contributed by atoms with Crippen molar-refractivity contribution in [3.8, 4) is 22.8 Å². The number of benzene rings is 3. The highest BCUT2D eigenvalue weighted by atomic mass is 32.1. The standard InChI is InChI=1S/C24H18N2O2S/c1-15-22(16-9-3-2-4-10-16)25-24(29-15)26-23(27)21-17-11-5-7-13-19(17)28-20-14-8-6-12-18(20)21/h2-14,21H,1H3,(H,25,26,27). The van der Waals surface area contributed by atoms with Gasteiger partial charge in [-0.05, 0) is 19.1 Å². The second kappa shape index (κ2) is 7.18. The van der Waals surface area contributed by atoms with Crippen molar-refractivity contribution in [3.63, 3.8) is 0 Å². The van der Waals surface area contributed by atoms with Crippen LogP contribution < -0.4 is 10.1 Å². The Labute approximate surface area is 172 Å². The van der Waals surface area contributed by atoms with Gasteiger partial charge in [-0.1, -0.05) is 66.7 Å². The first kappa shape index (κ1) is 17.6. The number of fused-ring (bicyclic) bond motifs is 2. The molecule has 1 aliphatic heterocycles. The molecule has 1 aromatic heterocycles. The van der Waals surface area contributed by atoms with Crippen molar-refractivity contribution in [3.05, 3.63) is 94.9 Å². The summed E-state index contributed by atoms with van der Waals surface area (Å²) < 4.78 is 6.00. The Bertz CT molecular complexity index is 1150. The van der Waals surface area contributed by atoms with Gasteiger partial charge < -0.3 is 10.1 Å². The summed E-state index contributed by atoms with van der Waals surface area (Å²) in [6.07, 6.45) is 0. The Morgan fingerprint density at radius 1 is 0.897 bits per heavy atom. The molecule has 142 valence electrons. The topological polar surface area (TPSA) is 51.2 Å². The quantitative estimate of drug-likeness (QED) is 0.461. The minimum absolute atomic E-state index is 0.110. The summed E-state index contributed by atoms with van der Waals surface area (Å²) in [5, 5.41) is 3.64. The number of anilines is 1. The lowest BCUT2D eigenvalue weighted by Gasteiger charge is -2.27. The number of carbonyl (C=O) groups excluding carboxylic acids is 1. The summed E-state index contributed by atoms with van der Waals surface area (Å²) >= 11 is 1.49. The minimum Gasteiger partial charge on any atom is -0.457 e. The van der Waals surface area contributed by atoms with Gasteiger partial charge in [0, 0.05) is 21.6 Å². The highest BCUT2D eigenvalue weighted by molar-refractivity contribution is 7.16. The number of ether oxygens (including phenoxy) is 1. The number of thiazole rings is 1. The normalized spacial score (nSPS) is 12.6. The maximum Gasteiger partial charge on any atom is 0.238 e. The van der Waals surface area contributed by atoms with Gasteiger partial charge in [-0.25, -0.2) is 4.98 Å². The molecule has 1 amide bonds. The predicted molar refractivity (Wildman–Crippen MR) is 116 cm³/mol. The summed E-state index contributed by atoms with van der Waals surface area (Å²) in [6, 6.07) is 25.4. The molecular formula is C24H18N2O2S. The Balaban J connectivity index is 1.50. The Morgan fingerprint density at radius 2 is 1.48 bits per heavy atom. The van der Waals surface area contributed by atoms with Crippen LogP contribution in [0.3, 0.4) is 0 Å². The number of nitrogens with one attached hydrogen (secondary N) is 1. The summed E-state index contributed by atoms with van der Waals surface area (Å²) in [5.41, 5.74) is 3.67. The molecule has 0 saturated heterocycles. The highest BCUT2D eigenvalue weighted by Gasteiger charge is 2.32. The molecule has 0 unspecified atom stereocenters. The minimum atomic E-state index is -0.444. The summed E-state index contributed by atoms with van der Waals surface area (Å²) in [4.78, 5) is 19.1. The molecule has 0 spiro atoms. The third kappa shape index (κ3) is 3.19. The van der Waals surface area contributed by atoms with Gasteiger partial charge in [-0.3, -0.25) is 4.79 Å². The van der Waals surface area contributed by atoms with E-state index in [1.54, 1.807) is 0 Å². The van der Waals surface area contributed by atoms with Crippen LogP contribution in [0.5, 0.6) is 11.5 Å². The molecule has 3 aromatic carbocycles. The van der Waals surface area contributed by atoms with Gasteiger partial charge in [0.05, 0.1) is 11.6 Å². The van der Waals surface area contributed by atoms with Crippen LogP contribution in [0.1, 0.15) is 21.9 Å². The molecule has 1 aliphatic rings. The van der Waals surface area contributed by atoms with Crippen molar-refractivity contribution in [2.75, 3.05) is 5.32 Å². The SMILES string of the molecule is Cc1sc(NC(=O)C2c3ccccc3Oc3ccccc32)nc1-c1ccccc1. The molecule has 0 radical (unpaired) electrons. The molecule has 0 fully saturated rings. The van der Waals surface area contributed by atoms with E-state index in [0.717, 1.165) is 27.3 Å². The number of rotatable bonds is 3. The van der Waals surface area contributed by atoms with E-state index < -0.39 is 5.92 Å². The van der Waals surface area contributed by atoms with Gasteiger partial charge in [0.15, 0.2) is 5.13 Å². The van der Waals surface area contributed by atoms with Crippen LogP contribution in [-0.2, 0) is 4.79 Å². The van der Waals surface area contributed by atoms with E-state index >= 15 is 0 Å². The third-order valence-electron chi connectivity index (χ3n) is 5.02. The van der Waals surface area contributed by atoms with Crippen molar-refractivity contribution in [2.45, 2.75) is 12.8 Å². The number of hydrogen-bond acceptors (Lipinski definition) is 4. The largest absolute Gasteiger partial charge is 0.457 e. The maximum atomic E-state index is 13.4. The molecule has 0 atom stereocenters. The molecule has 4 nitrogen and oxygen atoms in total. The van der Waals surface area contributed by atoms with Crippen LogP contribution in [0, 0.1) is 6.92 Å². The zero-order chi connectivity index (χ0) is 19.8. The van der Waals surface area contributed by atoms with E-state index in [2.05, 4.69) is 10.3 Å². The average Bonchev–Trinajstić information content (AvgIpc) is 3.12. The average molecular weight is 398 g/mol. The molecule has 0 bridgehead atoms. The second-order valence-corrected chi connectivity index (χ2v) is 8.09. The van der Waals surface area contributed by atoms with Crippen LogP contribution in [0.4, 0.5) is 5.13 Å². The number of aromatic nitrogens is 1. The Hall–Kier alpha value is -3.44. The molecule has 2 heterocycles. The van der Waals surface area contributed by atoms with E-state index in [9.17, 15) is 4.79 Å². The zero-order valence-electron chi connectivity index (χ0n) is 15.8. The molecule has 1 N–H and O–H groups in total. The van der Waals surface area contributed by atoms with E-state index in [1.807, 2.05) is 85.8 Å². The lowest BCUT2D eigenvalue weighted by atomic mass is 9.87. The van der Waals surface area contributed by atoms with Crippen LogP contribution >= 0.6 is 11.3 Å². The van der Waals surface area contributed by atoms with Crippen molar-refractivity contribution >= 4 is 22.4 Å². The van der Waals surface area contributed by atoms with Gasteiger partial charge in [0.25, 0.3) is 0 Å². The van der Waals surface area contributed by atoms with Crippen LogP contribution in [-0.4, -0.2) is 10.9 Å². The van der Waals surface area contributed by atoms with Gasteiger partial charge in [-0.15, -0.1) is 11.3 Å². The monoisotopic (exact) mass is 398 g/mol. The lowest BCUT2D eigenvalue weighted by Crippen LogP contribution is -2.25. The van der Waals surface area contributed by atoms with Gasteiger partial charge in [-0.2, -0.15) is 0 Å². The second-order valence-electron chi connectivity index (χ2n) is 6.89. The Morgan fingerprint density at radius 3 is 2.14 bits per heavy atom. The number of nitrogens with zero attached hydrogens (tertiary/aromatic N) is 1. The fourth-order valence-corrected chi connectivity index (χ4v) is 4.52. The number of hydrogen-bond donors (Lipinski definition) is 1. The van der Waals surface area contributed by atoms with E-state index in [0.29, 0.717) is 16.6 Å². The molecular weight excluding hydrogens is 380 g/mol. The molecule has 4 aromatic rings. The van der Waals surface area contributed by atoms with Crippen molar-refractivity contribution in [1.82, 2.24) is 4.98 Å². The lowest BCUT2D eigenvalue weighted by molar-refractivity contribution is -0.116. The molecule has 5 rings (SSSR count). The molecule has 5 heteroatoms. The van der Waals surface area contributed by atoms with Crippen molar-refractivity contribution in [1.29, 1.82) is 0 Å². The van der Waals surface area contributed by atoms with E-state index in [1.165, 1.54) is 11.3 Å². The predicted octanol–water partition coefficient (Wildman–Crippen LogP) is 5.99. The summed E-state index contributed by atoms with van der Waals surface area (Å²) in [6.45, 7) is 2.02. The maximum absolute atomic E-state index is 13.4. The van der Waals surface area contributed by atoms with Crippen molar-refractivity contribution < 1.29 is 9.53 Å². The fourth-order valence-electron chi connectivity index (χ4n) is 3.68. The van der Waals surface area contributed by atoms with Gasteiger partial charge in [0.2, 0.25) is 5.91 Å². The molecule has 0 aliphatic carbocycles. The number of amides is 1. The van der Waals surface area contributed by atoms with Gasteiger partial charge in [0.1, 0.15) is 11.5 Å². The third-order valence-corrected chi connectivity index (χ3v) is 5.90. The Kier molecular flexibility index (Phi) is 4.37. The smallest absolute Gasteiger partial charge is 0.238 e. The first-order valence-electron chi connectivity index (χ1n) is 9.40. The summed E-state index contributed by atoms with van der Waals surface area (Å²) in [7, 11) is 0. The van der Waals surface area contributed by atoms with Crippen LogP contribution in [0.2, 0.25) is 0 Å². The van der Waals surface area contributed by atoms with Crippen molar-refractivity contribution in [2.24, 2.45) is 0 Å². The van der Waals surface area contributed by atoms with Crippen LogP contribution in [0.25, 0.3) is 11.3 Å². The first-order valence-corrected chi connectivity index (χ1v) is 10.2. The zero-order valence-corrected chi connectivity index (χ0v) is 16.6. The van der Waals surface area contributed by atoms with Gasteiger partial charge >= 0.3 is 0 Å². The molecule has 29 heavy (non-hydrogen) atoms. The van der Waals surface area contributed by atoms with Crippen LogP contribution in [0.15, 0.2) is 78.9 Å². The van der Waals surface area contributed by atoms with E-state index in [4.69, 9.17) is 4.74 Å². The first-order chi connectivity index (χ1) is 14.2. The highest BCUT2D eigenvalue weighted by Crippen LogP contribution is 2.44. The fraction of sp³-hybridized carbons (Fsp3) is 0.0833. The molecule has 0 saturated carbocycles.